The quantitative estimate of drug-likeness (QED) is 0.784. The normalized spacial score (nSPS) is 23.1. The van der Waals surface area contributed by atoms with Gasteiger partial charge in [-0.25, -0.2) is 4.79 Å². The van der Waals surface area contributed by atoms with Crippen LogP contribution in [0.4, 0.5) is 0 Å². The van der Waals surface area contributed by atoms with E-state index in [2.05, 4.69) is 49.7 Å². The van der Waals surface area contributed by atoms with Crippen molar-refractivity contribution >= 4 is 12.3 Å². The molecular formula is C18H26N2O2. The van der Waals surface area contributed by atoms with Crippen LogP contribution in [-0.2, 0) is 16.1 Å². The molecule has 0 saturated carbocycles. The van der Waals surface area contributed by atoms with Gasteiger partial charge in [0.2, 0.25) is 0 Å². The fourth-order valence-electron chi connectivity index (χ4n) is 3.17. The monoisotopic (exact) mass is 302 g/mol. The molecule has 1 aliphatic heterocycles. The van der Waals surface area contributed by atoms with E-state index in [1.807, 2.05) is 24.5 Å². The lowest BCUT2D eigenvalue weighted by Gasteiger charge is -2.43. The van der Waals surface area contributed by atoms with Crippen LogP contribution >= 0.6 is 0 Å². The van der Waals surface area contributed by atoms with E-state index in [9.17, 15) is 4.79 Å². The van der Waals surface area contributed by atoms with Gasteiger partial charge in [-0.3, -0.25) is 4.99 Å². The first kappa shape index (κ1) is 16.5. The van der Waals surface area contributed by atoms with Crippen molar-refractivity contribution in [3.05, 3.63) is 35.9 Å². The molecule has 0 saturated heterocycles. The van der Waals surface area contributed by atoms with Crippen molar-refractivity contribution < 1.29 is 9.53 Å². The van der Waals surface area contributed by atoms with E-state index in [0.29, 0.717) is 12.3 Å². The van der Waals surface area contributed by atoms with Crippen LogP contribution in [0.5, 0.6) is 0 Å². The molecule has 2 rings (SSSR count). The highest BCUT2D eigenvalue weighted by Gasteiger charge is 2.57. The van der Waals surface area contributed by atoms with Crippen molar-refractivity contribution in [3.8, 4) is 0 Å². The third-order valence-corrected chi connectivity index (χ3v) is 4.57. The molecule has 0 amide bonds. The van der Waals surface area contributed by atoms with Gasteiger partial charge >= 0.3 is 5.97 Å². The Morgan fingerprint density at radius 3 is 2.45 bits per heavy atom. The van der Waals surface area contributed by atoms with Gasteiger partial charge in [-0.2, -0.15) is 0 Å². The summed E-state index contributed by atoms with van der Waals surface area (Å²) in [6.07, 6.45) is 2.49. The number of aliphatic imine (C=N–C) groups is 1. The molecule has 22 heavy (non-hydrogen) atoms. The minimum absolute atomic E-state index is 0.252. The van der Waals surface area contributed by atoms with Gasteiger partial charge in [0.15, 0.2) is 5.54 Å². The minimum atomic E-state index is -0.843. The third kappa shape index (κ3) is 2.74. The Kier molecular flexibility index (Phi) is 4.59. The van der Waals surface area contributed by atoms with Gasteiger partial charge in [0, 0.05) is 6.54 Å². The molecule has 0 aliphatic carbocycles. The highest BCUT2D eigenvalue weighted by atomic mass is 16.5. The van der Waals surface area contributed by atoms with Crippen LogP contribution in [0.1, 0.15) is 39.7 Å². The Hall–Kier alpha value is -1.84. The summed E-state index contributed by atoms with van der Waals surface area (Å²) in [6.45, 7) is 9.09. The average Bonchev–Trinajstić information content (AvgIpc) is 2.72. The molecule has 120 valence electrons. The number of hydrogen-bond acceptors (Lipinski definition) is 4. The number of methoxy groups -OCH3 is 1. The van der Waals surface area contributed by atoms with Crippen LogP contribution in [0.25, 0.3) is 0 Å². The molecule has 4 heteroatoms. The summed E-state index contributed by atoms with van der Waals surface area (Å²) in [7, 11) is 1.44. The maximum absolute atomic E-state index is 12.5. The van der Waals surface area contributed by atoms with Crippen LogP contribution in [-0.4, -0.2) is 35.4 Å². The number of nitrogens with zero attached hydrogens (tertiary/aromatic N) is 2. The Labute approximate surface area is 133 Å². The van der Waals surface area contributed by atoms with Crippen molar-refractivity contribution in [1.29, 1.82) is 0 Å². The Morgan fingerprint density at radius 1 is 1.27 bits per heavy atom. The number of carbonyl (C=O) groups excluding carboxylic acids is 1. The number of hydrogen-bond donors (Lipinski definition) is 0. The lowest BCUT2D eigenvalue weighted by atomic mass is 9.74. The lowest BCUT2D eigenvalue weighted by molar-refractivity contribution is -0.151. The first-order chi connectivity index (χ1) is 10.3. The fourth-order valence-corrected chi connectivity index (χ4v) is 3.17. The lowest BCUT2D eigenvalue weighted by Crippen LogP contribution is -2.59. The molecule has 1 heterocycles. The van der Waals surface area contributed by atoms with E-state index in [1.54, 1.807) is 0 Å². The summed E-state index contributed by atoms with van der Waals surface area (Å²) in [5.74, 6) is 0.102. The van der Waals surface area contributed by atoms with Crippen LogP contribution in [0, 0.1) is 5.92 Å². The second-order valence-electron chi connectivity index (χ2n) is 6.87. The van der Waals surface area contributed by atoms with E-state index in [0.717, 1.165) is 6.54 Å². The van der Waals surface area contributed by atoms with Gasteiger partial charge in [-0.05, 0) is 31.7 Å². The topological polar surface area (TPSA) is 41.9 Å². The zero-order valence-electron chi connectivity index (χ0n) is 14.2. The van der Waals surface area contributed by atoms with Crippen molar-refractivity contribution in [2.24, 2.45) is 10.9 Å². The van der Waals surface area contributed by atoms with Gasteiger partial charge in [0.25, 0.3) is 0 Å². The first-order valence-corrected chi connectivity index (χ1v) is 7.78. The summed E-state index contributed by atoms with van der Waals surface area (Å²) in [5, 5.41) is 0. The summed E-state index contributed by atoms with van der Waals surface area (Å²) in [4.78, 5) is 19.3. The zero-order chi connectivity index (χ0) is 16.4. The average molecular weight is 302 g/mol. The second kappa shape index (κ2) is 6.11. The Balaban J connectivity index is 2.31. The molecule has 1 unspecified atom stereocenters. The molecule has 1 atom stereocenters. The number of rotatable bonds is 5. The van der Waals surface area contributed by atoms with Gasteiger partial charge in [0.05, 0.1) is 19.0 Å². The molecule has 0 N–H and O–H groups in total. The zero-order valence-corrected chi connectivity index (χ0v) is 14.2. The molecule has 0 radical (unpaired) electrons. The number of ether oxygens (including phenoxy) is 1. The van der Waals surface area contributed by atoms with Gasteiger partial charge in [-0.1, -0.05) is 44.2 Å². The van der Waals surface area contributed by atoms with Crippen molar-refractivity contribution in [2.45, 2.75) is 51.7 Å². The summed E-state index contributed by atoms with van der Waals surface area (Å²) < 4.78 is 5.09. The minimum Gasteiger partial charge on any atom is -0.467 e. The highest BCUT2D eigenvalue weighted by molar-refractivity contribution is 5.87. The van der Waals surface area contributed by atoms with Gasteiger partial charge in [0.1, 0.15) is 0 Å². The highest BCUT2D eigenvalue weighted by Crippen LogP contribution is 2.42. The summed E-state index contributed by atoms with van der Waals surface area (Å²) >= 11 is 0. The summed E-state index contributed by atoms with van der Waals surface area (Å²) in [5.41, 5.74) is -0.0718. The Morgan fingerprint density at radius 2 is 1.91 bits per heavy atom. The molecule has 0 spiro atoms. The SMILES string of the molecule is COC(=O)C1(CC(C)C)N=CN(Cc2ccccc2)C1(C)C. The van der Waals surface area contributed by atoms with Gasteiger partial charge in [-0.15, -0.1) is 0 Å². The molecule has 1 aromatic rings. The number of benzene rings is 1. The van der Waals surface area contributed by atoms with E-state index in [-0.39, 0.29) is 5.97 Å². The van der Waals surface area contributed by atoms with Crippen LogP contribution in [0.2, 0.25) is 0 Å². The fraction of sp³-hybridized carbons (Fsp3) is 0.556. The van der Waals surface area contributed by atoms with E-state index in [4.69, 9.17) is 4.74 Å². The summed E-state index contributed by atoms with van der Waals surface area (Å²) in [6, 6.07) is 10.2. The molecule has 4 nitrogen and oxygen atoms in total. The molecule has 0 aromatic heterocycles. The largest absolute Gasteiger partial charge is 0.467 e. The molecule has 1 aromatic carbocycles. The predicted octanol–water partition coefficient (Wildman–Crippen LogP) is 3.27. The van der Waals surface area contributed by atoms with E-state index in [1.165, 1.54) is 12.7 Å². The molecular weight excluding hydrogens is 276 g/mol. The third-order valence-electron chi connectivity index (χ3n) is 4.57. The van der Waals surface area contributed by atoms with Crippen LogP contribution < -0.4 is 0 Å². The molecule has 1 aliphatic rings. The van der Waals surface area contributed by atoms with E-state index >= 15 is 0 Å². The first-order valence-electron chi connectivity index (χ1n) is 7.78. The number of carbonyl (C=O) groups is 1. The maximum atomic E-state index is 12.5. The van der Waals surface area contributed by atoms with E-state index < -0.39 is 11.1 Å². The number of esters is 1. The van der Waals surface area contributed by atoms with Crippen LogP contribution in [0.3, 0.4) is 0 Å². The molecule has 0 bridgehead atoms. The smallest absolute Gasteiger partial charge is 0.336 e. The Bertz CT molecular complexity index is 551. The predicted molar refractivity (Wildman–Crippen MR) is 88.8 cm³/mol. The molecule has 0 fully saturated rings. The standard InChI is InChI=1S/C18H26N2O2/c1-14(2)11-18(16(21)22-5)17(3,4)20(13-19-18)12-15-9-7-6-8-10-15/h6-10,13-14H,11-12H2,1-5H3. The van der Waals surface area contributed by atoms with Crippen molar-refractivity contribution in [1.82, 2.24) is 4.90 Å². The van der Waals surface area contributed by atoms with Crippen molar-refractivity contribution in [2.75, 3.05) is 7.11 Å². The van der Waals surface area contributed by atoms with Gasteiger partial charge < -0.3 is 9.64 Å². The van der Waals surface area contributed by atoms with Crippen LogP contribution in [0.15, 0.2) is 35.3 Å². The van der Waals surface area contributed by atoms with Crippen molar-refractivity contribution in [3.63, 3.8) is 0 Å². The maximum Gasteiger partial charge on any atom is 0.336 e. The second-order valence-corrected chi connectivity index (χ2v) is 6.87.